The predicted octanol–water partition coefficient (Wildman–Crippen LogP) is 3.77. The van der Waals surface area contributed by atoms with Crippen molar-refractivity contribution in [2.45, 2.75) is 52.2 Å². The lowest BCUT2D eigenvalue weighted by molar-refractivity contribution is -0.128. The van der Waals surface area contributed by atoms with Crippen LogP contribution in [0.15, 0.2) is 66.7 Å². The van der Waals surface area contributed by atoms with E-state index >= 15 is 0 Å². The van der Waals surface area contributed by atoms with Crippen molar-refractivity contribution in [3.05, 3.63) is 83.4 Å². The molecule has 1 atom stereocenters. The van der Waals surface area contributed by atoms with Crippen molar-refractivity contribution < 1.29 is 14.4 Å². The highest BCUT2D eigenvalue weighted by Gasteiger charge is 2.21. The van der Waals surface area contributed by atoms with Gasteiger partial charge in [0.25, 0.3) is 0 Å². The first-order chi connectivity index (χ1) is 16.4. The zero-order chi connectivity index (χ0) is 24.5. The highest BCUT2D eigenvalue weighted by molar-refractivity contribution is 5.95. The normalized spacial score (nSPS) is 11.9. The molecule has 0 saturated carbocycles. The summed E-state index contributed by atoms with van der Waals surface area (Å²) in [5.74, 6) is -0.388. The Kier molecular flexibility index (Phi) is 8.93. The molecule has 2 amide bonds. The van der Waals surface area contributed by atoms with Crippen LogP contribution >= 0.6 is 0 Å². The van der Waals surface area contributed by atoms with Crippen LogP contribution in [0, 0.1) is 0 Å². The first kappa shape index (κ1) is 25.1. The minimum Gasteiger partial charge on any atom is -0.350 e. The first-order valence-corrected chi connectivity index (χ1v) is 11.8. The lowest BCUT2D eigenvalue weighted by Gasteiger charge is -2.20. The third kappa shape index (κ3) is 7.25. The number of hydrogen-bond acceptors (Lipinski definition) is 4. The van der Waals surface area contributed by atoms with E-state index in [1.165, 1.54) is 0 Å². The summed E-state index contributed by atoms with van der Waals surface area (Å²) in [4.78, 5) is 37.4. The van der Waals surface area contributed by atoms with Crippen molar-refractivity contribution in [1.29, 1.82) is 0 Å². The maximum absolute atomic E-state index is 13.1. The van der Waals surface area contributed by atoms with E-state index in [0.717, 1.165) is 21.9 Å². The second-order valence-corrected chi connectivity index (χ2v) is 8.73. The molecule has 0 fully saturated rings. The fourth-order valence-corrected chi connectivity index (χ4v) is 3.68. The van der Waals surface area contributed by atoms with E-state index in [9.17, 15) is 14.4 Å². The summed E-state index contributed by atoms with van der Waals surface area (Å²) in [5.41, 5.74) is 2.52. The Morgan fingerprint density at radius 2 is 1.53 bits per heavy atom. The van der Waals surface area contributed by atoms with Crippen LogP contribution < -0.4 is 16.0 Å². The van der Waals surface area contributed by atoms with Crippen LogP contribution in [0.4, 0.5) is 0 Å². The van der Waals surface area contributed by atoms with Gasteiger partial charge in [-0.3, -0.25) is 14.4 Å². The SMILES string of the molecule is CCC(=O)c1ccc(CNC(=O)[C@H](Cc2ccc3ccccc3c2)NC(=O)CNC(C)C)cc1. The summed E-state index contributed by atoms with van der Waals surface area (Å²) < 4.78 is 0. The molecule has 0 unspecified atom stereocenters. The van der Waals surface area contributed by atoms with Gasteiger partial charge in [0, 0.05) is 31.0 Å². The van der Waals surface area contributed by atoms with E-state index in [-0.39, 0.29) is 30.2 Å². The van der Waals surface area contributed by atoms with Crippen molar-refractivity contribution in [1.82, 2.24) is 16.0 Å². The molecule has 6 nitrogen and oxygen atoms in total. The molecule has 0 saturated heterocycles. The Balaban J connectivity index is 1.70. The van der Waals surface area contributed by atoms with Crippen LogP contribution in [0.5, 0.6) is 0 Å². The number of carbonyl (C=O) groups is 3. The number of rotatable bonds is 11. The van der Waals surface area contributed by atoms with Crippen LogP contribution in [0.25, 0.3) is 10.8 Å². The van der Waals surface area contributed by atoms with Gasteiger partial charge in [0.1, 0.15) is 6.04 Å². The summed E-state index contributed by atoms with van der Waals surface area (Å²) in [5, 5.41) is 11.1. The van der Waals surface area contributed by atoms with Gasteiger partial charge in [0.15, 0.2) is 5.78 Å². The van der Waals surface area contributed by atoms with E-state index in [4.69, 9.17) is 0 Å². The van der Waals surface area contributed by atoms with Crippen molar-refractivity contribution in [2.75, 3.05) is 6.54 Å². The molecule has 0 spiro atoms. The van der Waals surface area contributed by atoms with E-state index in [1.54, 1.807) is 12.1 Å². The third-order valence-corrected chi connectivity index (χ3v) is 5.64. The molecule has 0 heterocycles. The number of fused-ring (bicyclic) bond motifs is 1. The van der Waals surface area contributed by atoms with Crippen LogP contribution in [-0.2, 0) is 22.6 Å². The molecule has 0 bridgehead atoms. The van der Waals surface area contributed by atoms with Gasteiger partial charge in [-0.1, -0.05) is 87.5 Å². The molecule has 0 aliphatic rings. The Morgan fingerprint density at radius 1 is 0.853 bits per heavy atom. The average molecular weight is 460 g/mol. The summed E-state index contributed by atoms with van der Waals surface area (Å²) in [6.07, 6.45) is 0.839. The smallest absolute Gasteiger partial charge is 0.243 e. The number of carbonyl (C=O) groups excluding carboxylic acids is 3. The molecule has 3 aromatic rings. The molecule has 3 rings (SSSR count). The Labute approximate surface area is 201 Å². The molecule has 6 heteroatoms. The molecule has 178 valence electrons. The molecule has 3 aromatic carbocycles. The Bertz CT molecular complexity index is 1140. The van der Waals surface area contributed by atoms with Gasteiger partial charge in [-0.15, -0.1) is 0 Å². The van der Waals surface area contributed by atoms with Gasteiger partial charge in [0.05, 0.1) is 6.54 Å². The van der Waals surface area contributed by atoms with Crippen molar-refractivity contribution in [3.8, 4) is 0 Å². The zero-order valence-corrected chi connectivity index (χ0v) is 20.1. The summed E-state index contributed by atoms with van der Waals surface area (Å²) in [7, 11) is 0. The monoisotopic (exact) mass is 459 g/mol. The molecule has 0 aliphatic heterocycles. The Hall–Kier alpha value is -3.51. The largest absolute Gasteiger partial charge is 0.350 e. The minimum absolute atomic E-state index is 0.0868. The molecule has 34 heavy (non-hydrogen) atoms. The molecule has 3 N–H and O–H groups in total. The number of hydrogen-bond donors (Lipinski definition) is 3. The summed E-state index contributed by atoms with van der Waals surface area (Å²) in [6.45, 7) is 6.22. The fourth-order valence-electron chi connectivity index (χ4n) is 3.68. The van der Waals surface area contributed by atoms with Gasteiger partial charge in [0.2, 0.25) is 11.8 Å². The number of amides is 2. The number of nitrogens with one attached hydrogen (secondary N) is 3. The molecular formula is C28H33N3O3. The van der Waals surface area contributed by atoms with Gasteiger partial charge < -0.3 is 16.0 Å². The molecular weight excluding hydrogens is 426 g/mol. The summed E-state index contributed by atoms with van der Waals surface area (Å²) >= 11 is 0. The van der Waals surface area contributed by atoms with Crippen molar-refractivity contribution >= 4 is 28.4 Å². The second kappa shape index (κ2) is 12.1. The van der Waals surface area contributed by atoms with E-state index in [2.05, 4.69) is 22.0 Å². The predicted molar refractivity (Wildman–Crippen MR) is 136 cm³/mol. The molecule has 0 aliphatic carbocycles. The van der Waals surface area contributed by atoms with Gasteiger partial charge in [-0.2, -0.15) is 0 Å². The maximum Gasteiger partial charge on any atom is 0.243 e. The minimum atomic E-state index is -0.705. The van der Waals surface area contributed by atoms with E-state index in [1.807, 2.05) is 69.3 Å². The highest BCUT2D eigenvalue weighted by atomic mass is 16.2. The zero-order valence-electron chi connectivity index (χ0n) is 20.1. The lowest BCUT2D eigenvalue weighted by atomic mass is 10.0. The standard InChI is InChI=1S/C28H33N3O3/c1-4-26(32)23-13-9-20(10-14-23)17-30-28(34)25(31-27(33)18-29-19(2)3)16-21-11-12-22-7-5-6-8-24(22)15-21/h5-15,19,25,29H,4,16-18H2,1-3H3,(H,30,34)(H,31,33)/t25-/m0/s1. The quantitative estimate of drug-likeness (QED) is 0.381. The van der Waals surface area contributed by atoms with Gasteiger partial charge in [-0.05, 0) is 21.9 Å². The number of ketones is 1. The van der Waals surface area contributed by atoms with Gasteiger partial charge >= 0.3 is 0 Å². The van der Waals surface area contributed by atoms with Gasteiger partial charge in [-0.25, -0.2) is 0 Å². The van der Waals surface area contributed by atoms with E-state index < -0.39 is 6.04 Å². The average Bonchev–Trinajstić information content (AvgIpc) is 2.85. The van der Waals surface area contributed by atoms with Crippen LogP contribution in [0.3, 0.4) is 0 Å². The van der Waals surface area contributed by atoms with Crippen LogP contribution in [0.2, 0.25) is 0 Å². The number of benzene rings is 3. The van der Waals surface area contributed by atoms with E-state index in [0.29, 0.717) is 24.9 Å². The topological polar surface area (TPSA) is 87.3 Å². The highest BCUT2D eigenvalue weighted by Crippen LogP contribution is 2.17. The van der Waals surface area contributed by atoms with Crippen molar-refractivity contribution in [3.63, 3.8) is 0 Å². The summed E-state index contributed by atoms with van der Waals surface area (Å²) in [6, 6.07) is 20.8. The van der Waals surface area contributed by atoms with Crippen LogP contribution in [-0.4, -0.2) is 36.2 Å². The fraction of sp³-hybridized carbons (Fsp3) is 0.321. The maximum atomic E-state index is 13.1. The molecule has 0 aromatic heterocycles. The first-order valence-electron chi connectivity index (χ1n) is 11.8. The van der Waals surface area contributed by atoms with Crippen molar-refractivity contribution in [2.24, 2.45) is 0 Å². The third-order valence-electron chi connectivity index (χ3n) is 5.64. The Morgan fingerprint density at radius 3 is 2.21 bits per heavy atom. The molecule has 0 radical (unpaired) electrons. The lowest BCUT2D eigenvalue weighted by Crippen LogP contribution is -2.50. The van der Waals surface area contributed by atoms with Crippen LogP contribution in [0.1, 0.15) is 48.7 Å². The number of Topliss-reactive ketones (excluding diaryl/α,β-unsaturated/α-hetero) is 1. The second-order valence-electron chi connectivity index (χ2n) is 8.73.